The normalized spacial score (nSPS) is 44.4. The molecule has 0 aromatic rings. The minimum Gasteiger partial charge on any atom is -0.393 e. The number of rotatable bonds is 5. The molecule has 0 radical (unpaired) electrons. The maximum atomic E-state index is 13.0. The quantitative estimate of drug-likeness (QED) is 0.398. The monoisotopic (exact) mass is 482 g/mol. The lowest BCUT2D eigenvalue weighted by molar-refractivity contribution is -0.124. The minimum atomic E-state index is -0.153. The van der Waals surface area contributed by atoms with Crippen LogP contribution in [0.4, 0.5) is 0 Å². The molecule has 2 heteroatoms. The van der Waals surface area contributed by atoms with Crippen LogP contribution in [0, 0.1) is 45.3 Å². The lowest BCUT2D eigenvalue weighted by atomic mass is 9.43. The lowest BCUT2D eigenvalue weighted by Gasteiger charge is -2.62. The zero-order valence-electron chi connectivity index (χ0n) is 23.8. The van der Waals surface area contributed by atoms with E-state index in [0.717, 1.165) is 44.4 Å². The number of hydrogen-bond donors (Lipinski definition) is 1. The first-order chi connectivity index (χ1) is 16.4. The van der Waals surface area contributed by atoms with Crippen molar-refractivity contribution in [3.63, 3.8) is 0 Å². The highest BCUT2D eigenvalue weighted by atomic mass is 16.3. The molecule has 0 spiro atoms. The molecule has 35 heavy (non-hydrogen) atoms. The molecule has 2 nitrogen and oxygen atoms in total. The largest absolute Gasteiger partial charge is 0.393 e. The average Bonchev–Trinajstić information content (AvgIpc) is 3.12. The molecule has 7 atom stereocenters. The van der Waals surface area contributed by atoms with E-state index in [1.165, 1.54) is 57.8 Å². The SMILES string of the molecule is C[C@H](CCC(=O)C1CCCCC1)[C@H]1CC[C@@]2(C)C3=C(CC[C@]12C)[C@@]1(C)CC[C@H](O)C(C)(C)[C@@H]1CC3. The van der Waals surface area contributed by atoms with E-state index in [-0.39, 0.29) is 16.9 Å². The summed E-state index contributed by atoms with van der Waals surface area (Å²) >= 11 is 0. The first kappa shape index (κ1) is 26.0. The number of ketones is 1. The summed E-state index contributed by atoms with van der Waals surface area (Å²) in [7, 11) is 0. The highest BCUT2D eigenvalue weighted by Crippen LogP contribution is 2.72. The van der Waals surface area contributed by atoms with E-state index >= 15 is 0 Å². The van der Waals surface area contributed by atoms with Crippen molar-refractivity contribution in [1.29, 1.82) is 0 Å². The summed E-state index contributed by atoms with van der Waals surface area (Å²) in [4.78, 5) is 13.0. The molecule has 0 aromatic carbocycles. The van der Waals surface area contributed by atoms with Crippen molar-refractivity contribution in [1.82, 2.24) is 0 Å². The van der Waals surface area contributed by atoms with Crippen molar-refractivity contribution in [2.24, 2.45) is 45.3 Å². The van der Waals surface area contributed by atoms with Crippen molar-refractivity contribution in [2.45, 2.75) is 144 Å². The van der Waals surface area contributed by atoms with E-state index in [9.17, 15) is 9.90 Å². The van der Waals surface area contributed by atoms with Crippen LogP contribution in [-0.4, -0.2) is 17.0 Å². The highest BCUT2D eigenvalue weighted by Gasteiger charge is 2.63. The van der Waals surface area contributed by atoms with Crippen LogP contribution in [0.2, 0.25) is 0 Å². The van der Waals surface area contributed by atoms with Gasteiger partial charge in [0.15, 0.2) is 0 Å². The van der Waals surface area contributed by atoms with Crippen LogP contribution in [0.15, 0.2) is 11.1 Å². The number of carbonyl (C=O) groups excluding carboxylic acids is 1. The molecule has 0 aromatic heterocycles. The first-order valence-electron chi connectivity index (χ1n) is 15.4. The molecule has 0 heterocycles. The fourth-order valence-corrected chi connectivity index (χ4v) is 10.8. The van der Waals surface area contributed by atoms with Gasteiger partial charge in [-0.2, -0.15) is 0 Å². The maximum absolute atomic E-state index is 13.0. The Bertz CT molecular complexity index is 862. The lowest BCUT2D eigenvalue weighted by Crippen LogP contribution is -2.55. The van der Waals surface area contributed by atoms with Crippen LogP contribution < -0.4 is 0 Å². The Hall–Kier alpha value is -0.630. The summed E-state index contributed by atoms with van der Waals surface area (Å²) in [5, 5.41) is 10.9. The van der Waals surface area contributed by atoms with Gasteiger partial charge in [0, 0.05) is 12.3 Å². The Morgan fingerprint density at radius 3 is 2.31 bits per heavy atom. The highest BCUT2D eigenvalue weighted by molar-refractivity contribution is 5.81. The number of carbonyl (C=O) groups is 1. The third-order valence-corrected chi connectivity index (χ3v) is 13.4. The van der Waals surface area contributed by atoms with Crippen molar-refractivity contribution in [3.05, 3.63) is 11.1 Å². The predicted molar refractivity (Wildman–Crippen MR) is 145 cm³/mol. The van der Waals surface area contributed by atoms with Gasteiger partial charge < -0.3 is 5.11 Å². The fourth-order valence-electron chi connectivity index (χ4n) is 10.8. The number of aliphatic hydroxyl groups is 1. The molecule has 0 amide bonds. The second-order valence-electron chi connectivity index (χ2n) is 15.1. The topological polar surface area (TPSA) is 37.3 Å². The van der Waals surface area contributed by atoms with Crippen LogP contribution in [0.5, 0.6) is 0 Å². The Kier molecular flexibility index (Phi) is 6.68. The van der Waals surface area contributed by atoms with Gasteiger partial charge in [-0.1, -0.05) is 72.0 Å². The van der Waals surface area contributed by atoms with Gasteiger partial charge in [-0.15, -0.1) is 0 Å². The van der Waals surface area contributed by atoms with Crippen LogP contribution in [-0.2, 0) is 4.79 Å². The molecule has 3 saturated carbocycles. The summed E-state index contributed by atoms with van der Waals surface area (Å²) < 4.78 is 0. The molecule has 198 valence electrons. The molecular weight excluding hydrogens is 428 g/mol. The van der Waals surface area contributed by atoms with Gasteiger partial charge in [0.2, 0.25) is 0 Å². The molecule has 0 aliphatic heterocycles. The summed E-state index contributed by atoms with van der Waals surface area (Å²) in [6, 6.07) is 0. The average molecular weight is 483 g/mol. The Morgan fingerprint density at radius 1 is 0.886 bits per heavy atom. The Balaban J connectivity index is 1.35. The van der Waals surface area contributed by atoms with Gasteiger partial charge in [0.05, 0.1) is 6.10 Å². The van der Waals surface area contributed by atoms with Crippen LogP contribution in [0.3, 0.4) is 0 Å². The maximum Gasteiger partial charge on any atom is 0.135 e. The van der Waals surface area contributed by atoms with Crippen LogP contribution >= 0.6 is 0 Å². The molecule has 5 rings (SSSR count). The number of fused-ring (bicyclic) bond motifs is 4. The number of allylic oxidation sites excluding steroid dienone is 2. The van der Waals surface area contributed by atoms with E-state index in [1.54, 1.807) is 0 Å². The molecule has 5 aliphatic rings. The van der Waals surface area contributed by atoms with Crippen molar-refractivity contribution < 1.29 is 9.90 Å². The van der Waals surface area contributed by atoms with Crippen LogP contribution in [0.25, 0.3) is 0 Å². The second kappa shape index (κ2) is 8.99. The first-order valence-corrected chi connectivity index (χ1v) is 15.4. The fraction of sp³-hybridized carbons (Fsp3) is 0.909. The molecule has 3 fully saturated rings. The van der Waals surface area contributed by atoms with Crippen molar-refractivity contribution in [2.75, 3.05) is 0 Å². The third kappa shape index (κ3) is 3.85. The Morgan fingerprint density at radius 2 is 1.60 bits per heavy atom. The Labute approximate surface area is 216 Å². The van der Waals surface area contributed by atoms with Crippen molar-refractivity contribution >= 4 is 5.78 Å². The van der Waals surface area contributed by atoms with Gasteiger partial charge in [-0.05, 0) is 110 Å². The third-order valence-electron chi connectivity index (χ3n) is 13.4. The molecule has 0 bridgehead atoms. The van der Waals surface area contributed by atoms with Gasteiger partial charge in [-0.25, -0.2) is 0 Å². The standard InChI is InChI=1S/C33H54O2/c1-22(12-14-27(34)23-10-8-7-9-11-23)24-16-20-33(6)26-13-15-28-30(2,3)29(35)18-19-31(28,4)25(26)17-21-32(24,33)5/h22-24,28-29,35H,7-21H2,1-6H3/t22-,24-,28+,29+,31-,32-,33+/m1/s1. The molecule has 0 saturated heterocycles. The summed E-state index contributed by atoms with van der Waals surface area (Å²) in [5.41, 5.74) is 4.63. The molecular formula is C33H54O2. The molecule has 1 N–H and O–H groups in total. The van der Waals surface area contributed by atoms with E-state index < -0.39 is 0 Å². The van der Waals surface area contributed by atoms with Crippen LogP contribution in [0.1, 0.15) is 138 Å². The van der Waals surface area contributed by atoms with Gasteiger partial charge in [0.1, 0.15) is 5.78 Å². The van der Waals surface area contributed by atoms with E-state index in [1.807, 2.05) is 11.1 Å². The number of hydrogen-bond acceptors (Lipinski definition) is 2. The van der Waals surface area contributed by atoms with Gasteiger partial charge in [0.25, 0.3) is 0 Å². The van der Waals surface area contributed by atoms with Gasteiger partial charge >= 0.3 is 0 Å². The summed E-state index contributed by atoms with van der Waals surface area (Å²) in [6.45, 7) is 15.0. The zero-order chi connectivity index (χ0) is 25.2. The van der Waals surface area contributed by atoms with Gasteiger partial charge in [-0.3, -0.25) is 4.79 Å². The van der Waals surface area contributed by atoms with E-state index in [2.05, 4.69) is 41.5 Å². The predicted octanol–water partition coefficient (Wildman–Crippen LogP) is 8.66. The number of aliphatic hydroxyl groups excluding tert-OH is 1. The minimum absolute atomic E-state index is 0.0186. The van der Waals surface area contributed by atoms with Crippen molar-refractivity contribution in [3.8, 4) is 0 Å². The van der Waals surface area contributed by atoms with E-state index in [4.69, 9.17) is 0 Å². The summed E-state index contributed by atoms with van der Waals surface area (Å²) in [5.74, 6) is 2.94. The van der Waals surface area contributed by atoms with E-state index in [0.29, 0.717) is 34.4 Å². The second-order valence-corrected chi connectivity index (χ2v) is 15.1. The number of Topliss-reactive ketones (excluding diaryl/α,β-unsaturated/α-hetero) is 1. The zero-order valence-corrected chi connectivity index (χ0v) is 23.8. The molecule has 5 aliphatic carbocycles. The summed E-state index contributed by atoms with van der Waals surface area (Å²) in [6.07, 6.45) is 17.8. The smallest absolute Gasteiger partial charge is 0.135 e. The molecule has 0 unspecified atom stereocenters.